The Hall–Kier alpha value is -2.14. The Bertz CT molecular complexity index is 752. The summed E-state index contributed by atoms with van der Waals surface area (Å²) in [5.41, 5.74) is 0. The molecule has 0 spiro atoms. The Morgan fingerprint density at radius 1 is 0.523 bits per heavy atom. The first-order valence-corrected chi connectivity index (χ1v) is 18.2. The number of carbonyl (C=O) groups is 2. The fraction of sp³-hybridized carbons (Fsp3) is 0.744. The van der Waals surface area contributed by atoms with Crippen molar-refractivity contribution in [2.75, 3.05) is 13.2 Å². The van der Waals surface area contributed by atoms with Crippen LogP contribution >= 0.6 is 0 Å². The lowest BCUT2D eigenvalue weighted by atomic mass is 10.1. The number of aliphatic hydroxyl groups excluding tert-OH is 1. The summed E-state index contributed by atoms with van der Waals surface area (Å²) < 4.78 is 10.6. The van der Waals surface area contributed by atoms with Crippen LogP contribution < -0.4 is 0 Å². The lowest BCUT2D eigenvalue weighted by molar-refractivity contribution is -0.161. The monoisotopic (exact) mass is 617 g/mol. The van der Waals surface area contributed by atoms with Gasteiger partial charge in [0.2, 0.25) is 0 Å². The van der Waals surface area contributed by atoms with Gasteiger partial charge in [0, 0.05) is 12.8 Å². The smallest absolute Gasteiger partial charge is 0.306 e. The highest BCUT2D eigenvalue weighted by Crippen LogP contribution is 2.11. The van der Waals surface area contributed by atoms with E-state index in [1.54, 1.807) is 0 Å². The third-order valence-corrected chi connectivity index (χ3v) is 7.60. The fourth-order valence-corrected chi connectivity index (χ4v) is 4.79. The zero-order valence-corrected chi connectivity index (χ0v) is 28.7. The van der Waals surface area contributed by atoms with E-state index in [1.807, 2.05) is 0 Å². The average molecular weight is 617 g/mol. The minimum atomic E-state index is -0.783. The molecule has 0 amide bonds. The van der Waals surface area contributed by atoms with E-state index in [2.05, 4.69) is 62.5 Å². The Kier molecular flexibility index (Phi) is 33.6. The van der Waals surface area contributed by atoms with Crippen molar-refractivity contribution in [3.05, 3.63) is 48.6 Å². The number of aliphatic hydroxyl groups is 1. The van der Waals surface area contributed by atoms with Gasteiger partial charge in [-0.3, -0.25) is 9.59 Å². The van der Waals surface area contributed by atoms with Gasteiger partial charge in [0.05, 0.1) is 6.61 Å². The van der Waals surface area contributed by atoms with E-state index in [0.717, 1.165) is 70.6 Å². The molecule has 0 aliphatic heterocycles. The molecule has 0 radical (unpaired) electrons. The van der Waals surface area contributed by atoms with E-state index in [4.69, 9.17) is 9.47 Å². The maximum Gasteiger partial charge on any atom is 0.306 e. The van der Waals surface area contributed by atoms with Gasteiger partial charge in [-0.15, -0.1) is 0 Å². The number of carbonyl (C=O) groups excluding carboxylic acids is 2. The number of rotatable bonds is 32. The number of hydrogen-bond acceptors (Lipinski definition) is 5. The van der Waals surface area contributed by atoms with Crippen LogP contribution in [0.3, 0.4) is 0 Å². The zero-order valence-electron chi connectivity index (χ0n) is 28.7. The highest BCUT2D eigenvalue weighted by molar-refractivity contribution is 5.70. The summed E-state index contributed by atoms with van der Waals surface area (Å²) in [5, 5.41) is 9.52. The number of unbranched alkanes of at least 4 members (excludes halogenated alkanes) is 16. The molecule has 0 fully saturated rings. The van der Waals surface area contributed by atoms with Crippen LogP contribution in [0.4, 0.5) is 0 Å². The van der Waals surface area contributed by atoms with E-state index in [9.17, 15) is 14.7 Å². The molecule has 0 saturated heterocycles. The maximum absolute atomic E-state index is 12.1. The third-order valence-electron chi connectivity index (χ3n) is 7.60. The molecule has 254 valence electrons. The van der Waals surface area contributed by atoms with Crippen LogP contribution in [0, 0.1) is 0 Å². The first-order chi connectivity index (χ1) is 21.6. The maximum atomic E-state index is 12.1. The summed E-state index contributed by atoms with van der Waals surface area (Å²) in [6.45, 7) is 4.04. The second-order valence-corrected chi connectivity index (χ2v) is 11.9. The van der Waals surface area contributed by atoms with Gasteiger partial charge in [-0.2, -0.15) is 0 Å². The molecule has 0 bridgehead atoms. The molecule has 0 saturated carbocycles. The summed E-state index contributed by atoms with van der Waals surface area (Å²) in [6.07, 6.45) is 43.0. The normalized spacial score (nSPS) is 12.7. The van der Waals surface area contributed by atoms with Crippen LogP contribution in [0.15, 0.2) is 48.6 Å². The van der Waals surface area contributed by atoms with E-state index in [-0.39, 0.29) is 25.2 Å². The SMILES string of the molecule is CCCCC/C=C\C/C=C\CCCCCCCC(=O)OC[C@H](CO)OC(=O)CCCCCCC/C=C\C/C=C\CCCCC. The van der Waals surface area contributed by atoms with Gasteiger partial charge in [0.1, 0.15) is 6.61 Å². The summed E-state index contributed by atoms with van der Waals surface area (Å²) in [6, 6.07) is 0. The first-order valence-electron chi connectivity index (χ1n) is 18.2. The van der Waals surface area contributed by atoms with Crippen molar-refractivity contribution in [2.24, 2.45) is 0 Å². The summed E-state index contributed by atoms with van der Waals surface area (Å²) in [5.74, 6) is -0.626. The molecule has 1 N–H and O–H groups in total. The lowest BCUT2D eigenvalue weighted by Crippen LogP contribution is -2.28. The number of hydrogen-bond donors (Lipinski definition) is 1. The standard InChI is InChI=1S/C39H68O5/c1-3-5-7-9-11-13-15-17-19-21-23-25-27-29-31-33-38(41)43-36-37(35-40)44-39(42)34-32-30-28-26-24-22-20-18-16-14-12-10-8-6-4-2/h11-14,17-20,37,40H,3-10,15-16,21-36H2,1-2H3/b13-11-,14-12-,19-17-,20-18-/t37-/m0/s1. The number of allylic oxidation sites excluding steroid dienone is 8. The summed E-state index contributed by atoms with van der Waals surface area (Å²) >= 11 is 0. The van der Waals surface area contributed by atoms with Crippen LogP contribution in [0.1, 0.15) is 168 Å². The van der Waals surface area contributed by atoms with E-state index in [1.165, 1.54) is 70.6 Å². The quantitative estimate of drug-likeness (QED) is 0.0462. The van der Waals surface area contributed by atoms with E-state index < -0.39 is 6.10 Å². The molecule has 0 unspecified atom stereocenters. The molecule has 0 aromatic heterocycles. The van der Waals surface area contributed by atoms with Gasteiger partial charge in [0.25, 0.3) is 0 Å². The Morgan fingerprint density at radius 3 is 1.34 bits per heavy atom. The molecule has 0 heterocycles. The Labute approximate surface area is 271 Å². The van der Waals surface area contributed by atoms with Crippen molar-refractivity contribution in [1.82, 2.24) is 0 Å². The second kappa shape index (κ2) is 35.3. The topological polar surface area (TPSA) is 72.8 Å². The average Bonchev–Trinajstić information content (AvgIpc) is 3.02. The molecule has 1 atom stereocenters. The molecule has 0 aliphatic carbocycles. The van der Waals surface area contributed by atoms with Gasteiger partial charge in [0.15, 0.2) is 6.10 Å². The number of esters is 2. The molecule has 0 rings (SSSR count). The molecule has 0 aliphatic rings. The Morgan fingerprint density at radius 2 is 0.909 bits per heavy atom. The van der Waals surface area contributed by atoms with Gasteiger partial charge in [-0.05, 0) is 77.0 Å². The minimum absolute atomic E-state index is 0.0799. The van der Waals surface area contributed by atoms with Crippen molar-refractivity contribution in [3.63, 3.8) is 0 Å². The second-order valence-electron chi connectivity index (χ2n) is 11.9. The van der Waals surface area contributed by atoms with Gasteiger partial charge in [-0.25, -0.2) is 0 Å². The highest BCUT2D eigenvalue weighted by atomic mass is 16.6. The highest BCUT2D eigenvalue weighted by Gasteiger charge is 2.16. The van der Waals surface area contributed by atoms with Crippen molar-refractivity contribution >= 4 is 11.9 Å². The van der Waals surface area contributed by atoms with Crippen LogP contribution in [0.2, 0.25) is 0 Å². The van der Waals surface area contributed by atoms with Crippen molar-refractivity contribution in [2.45, 2.75) is 174 Å². The molecule has 5 nitrogen and oxygen atoms in total. The van der Waals surface area contributed by atoms with Crippen LogP contribution in [0.25, 0.3) is 0 Å². The molecule has 0 aromatic rings. The van der Waals surface area contributed by atoms with Gasteiger partial charge >= 0.3 is 11.9 Å². The van der Waals surface area contributed by atoms with Crippen LogP contribution in [-0.4, -0.2) is 36.4 Å². The van der Waals surface area contributed by atoms with Crippen molar-refractivity contribution < 1.29 is 24.2 Å². The van der Waals surface area contributed by atoms with Gasteiger partial charge < -0.3 is 14.6 Å². The Balaban J connectivity index is 3.64. The minimum Gasteiger partial charge on any atom is -0.462 e. The third kappa shape index (κ3) is 32.8. The predicted octanol–water partition coefficient (Wildman–Crippen LogP) is 11.1. The van der Waals surface area contributed by atoms with E-state index in [0.29, 0.717) is 12.8 Å². The molecule has 5 heteroatoms. The fourth-order valence-electron chi connectivity index (χ4n) is 4.79. The van der Waals surface area contributed by atoms with E-state index >= 15 is 0 Å². The van der Waals surface area contributed by atoms with Crippen LogP contribution in [0.5, 0.6) is 0 Å². The molecule has 0 aromatic carbocycles. The van der Waals surface area contributed by atoms with Crippen molar-refractivity contribution in [3.8, 4) is 0 Å². The summed E-state index contributed by atoms with van der Waals surface area (Å²) in [7, 11) is 0. The number of ether oxygens (including phenoxy) is 2. The predicted molar refractivity (Wildman–Crippen MR) is 187 cm³/mol. The molecular formula is C39H68O5. The summed E-state index contributed by atoms with van der Waals surface area (Å²) in [4.78, 5) is 24.2. The van der Waals surface area contributed by atoms with Crippen LogP contribution in [-0.2, 0) is 19.1 Å². The zero-order chi connectivity index (χ0) is 32.2. The first kappa shape index (κ1) is 41.9. The molecule has 44 heavy (non-hydrogen) atoms. The largest absolute Gasteiger partial charge is 0.462 e. The lowest BCUT2D eigenvalue weighted by Gasteiger charge is -2.15. The van der Waals surface area contributed by atoms with Crippen molar-refractivity contribution in [1.29, 1.82) is 0 Å². The van der Waals surface area contributed by atoms with Gasteiger partial charge in [-0.1, -0.05) is 127 Å². The molecular weight excluding hydrogens is 548 g/mol.